The van der Waals surface area contributed by atoms with Gasteiger partial charge in [0.05, 0.1) is 0 Å². The second-order valence-electron chi connectivity index (χ2n) is 6.96. The van der Waals surface area contributed by atoms with Gasteiger partial charge in [-0.05, 0) is 56.1 Å². The number of aliphatic imine (C=N–C) groups is 1. The molecule has 9 heteroatoms. The van der Waals surface area contributed by atoms with Gasteiger partial charge in [-0.2, -0.15) is 0 Å². The van der Waals surface area contributed by atoms with Crippen LogP contribution < -0.4 is 5.73 Å². The number of anilines is 1. The van der Waals surface area contributed by atoms with Crippen molar-refractivity contribution in [1.29, 1.82) is 0 Å². The second-order valence-corrected chi connectivity index (χ2v) is 8.46. The van der Waals surface area contributed by atoms with E-state index in [-0.39, 0.29) is 6.01 Å². The largest absolute Gasteiger partial charge is 0.404 e. The molecule has 0 bridgehead atoms. The van der Waals surface area contributed by atoms with E-state index in [0.717, 1.165) is 26.7 Å². The number of allylic oxidation sites excluding steroid dienone is 3. The molecule has 2 aromatic heterocycles. The molecule has 0 unspecified atom stereocenters. The van der Waals surface area contributed by atoms with Gasteiger partial charge in [0.25, 0.3) is 0 Å². The van der Waals surface area contributed by atoms with Gasteiger partial charge in [0.2, 0.25) is 5.89 Å². The standard InChI is InChI=1S/C24H21ClN6OS/c1-4-5-6-19(27-2)21-28-20(23(31(21)3)33-18-13-11-17(25)12-14-18)15-7-9-16(10-8-15)22-29-30-24(26)32-22/h4-14H,2H2,1,3H3,(H2,26,30)/b5-4-,19-6-. The highest BCUT2D eigenvalue weighted by molar-refractivity contribution is 7.99. The minimum absolute atomic E-state index is 0.0301. The monoisotopic (exact) mass is 476 g/mol. The Bertz CT molecular complexity index is 1340. The summed E-state index contributed by atoms with van der Waals surface area (Å²) in [7, 11) is 1.97. The van der Waals surface area contributed by atoms with E-state index in [0.29, 0.717) is 22.4 Å². The molecule has 0 saturated heterocycles. The summed E-state index contributed by atoms with van der Waals surface area (Å²) in [6.07, 6.45) is 5.73. The SMILES string of the molecule is C=N/C(=C\C=C/C)c1nc(-c2ccc(-c3nnc(N)o3)cc2)c(Sc2ccc(Cl)cc2)n1C. The van der Waals surface area contributed by atoms with Crippen LogP contribution in [0, 0.1) is 0 Å². The Labute approximate surface area is 200 Å². The quantitative estimate of drug-likeness (QED) is 0.254. The molecule has 2 heterocycles. The topological polar surface area (TPSA) is 95.1 Å². The van der Waals surface area contributed by atoms with Crippen molar-refractivity contribution >= 4 is 41.8 Å². The lowest BCUT2D eigenvalue weighted by atomic mass is 10.1. The van der Waals surface area contributed by atoms with Crippen molar-refractivity contribution in [3.63, 3.8) is 0 Å². The summed E-state index contributed by atoms with van der Waals surface area (Å²) in [4.78, 5) is 10.2. The van der Waals surface area contributed by atoms with Gasteiger partial charge in [-0.1, -0.05) is 52.7 Å². The number of rotatable bonds is 7. The van der Waals surface area contributed by atoms with Crippen LogP contribution in [-0.4, -0.2) is 26.5 Å². The maximum absolute atomic E-state index is 6.07. The van der Waals surface area contributed by atoms with E-state index in [4.69, 9.17) is 26.7 Å². The van der Waals surface area contributed by atoms with Gasteiger partial charge in [0.15, 0.2) is 5.82 Å². The fourth-order valence-corrected chi connectivity index (χ4v) is 4.24. The summed E-state index contributed by atoms with van der Waals surface area (Å²) in [6, 6.07) is 15.5. The number of nitrogen functional groups attached to an aromatic ring is 1. The zero-order chi connectivity index (χ0) is 23.4. The third-order valence-electron chi connectivity index (χ3n) is 4.76. The predicted octanol–water partition coefficient (Wildman–Crippen LogP) is 6.14. The molecule has 0 amide bonds. The van der Waals surface area contributed by atoms with E-state index in [1.807, 2.05) is 85.3 Å². The fraction of sp³-hybridized carbons (Fsp3) is 0.0833. The third-order valence-corrected chi connectivity index (χ3v) is 6.18. The molecule has 166 valence electrons. The van der Waals surface area contributed by atoms with Crippen LogP contribution in [0.25, 0.3) is 28.4 Å². The first-order valence-corrected chi connectivity index (χ1v) is 11.2. The number of nitrogens with zero attached hydrogens (tertiary/aromatic N) is 5. The Morgan fingerprint density at radius 1 is 1.12 bits per heavy atom. The summed E-state index contributed by atoms with van der Waals surface area (Å²) in [5.74, 6) is 1.08. The van der Waals surface area contributed by atoms with Crippen molar-refractivity contribution in [3.8, 4) is 22.7 Å². The first kappa shape index (κ1) is 22.6. The van der Waals surface area contributed by atoms with E-state index in [1.54, 1.807) is 11.8 Å². The van der Waals surface area contributed by atoms with E-state index < -0.39 is 0 Å². The molecule has 0 saturated carbocycles. The number of benzene rings is 2. The molecule has 2 aromatic carbocycles. The van der Waals surface area contributed by atoms with E-state index in [9.17, 15) is 0 Å². The minimum Gasteiger partial charge on any atom is -0.404 e. The molecule has 0 radical (unpaired) electrons. The zero-order valence-electron chi connectivity index (χ0n) is 18.1. The Kier molecular flexibility index (Phi) is 6.76. The van der Waals surface area contributed by atoms with Crippen molar-refractivity contribution in [3.05, 3.63) is 77.6 Å². The normalized spacial score (nSPS) is 11.9. The molecule has 0 aliphatic carbocycles. The summed E-state index contributed by atoms with van der Waals surface area (Å²) < 4.78 is 7.34. The van der Waals surface area contributed by atoms with Crippen LogP contribution in [0.5, 0.6) is 0 Å². The minimum atomic E-state index is 0.0301. The number of hydrogen-bond donors (Lipinski definition) is 1. The van der Waals surface area contributed by atoms with Gasteiger partial charge < -0.3 is 14.7 Å². The Hall–Kier alpha value is -3.62. The number of aromatic nitrogens is 4. The van der Waals surface area contributed by atoms with Crippen LogP contribution in [0.4, 0.5) is 6.01 Å². The molecule has 0 fully saturated rings. The summed E-state index contributed by atoms with van der Waals surface area (Å²) in [6.45, 7) is 5.67. The number of nitrogens with two attached hydrogens (primary N) is 1. The van der Waals surface area contributed by atoms with Crippen LogP contribution in [0.3, 0.4) is 0 Å². The van der Waals surface area contributed by atoms with Gasteiger partial charge in [-0.25, -0.2) is 4.98 Å². The predicted molar refractivity (Wildman–Crippen MR) is 134 cm³/mol. The molecule has 2 N–H and O–H groups in total. The van der Waals surface area contributed by atoms with Crippen molar-refractivity contribution in [2.24, 2.45) is 12.0 Å². The van der Waals surface area contributed by atoms with Crippen molar-refractivity contribution < 1.29 is 4.42 Å². The number of hydrogen-bond acceptors (Lipinski definition) is 7. The molecule has 4 rings (SSSR count). The first-order valence-electron chi connectivity index (χ1n) is 10.00. The molecule has 0 aliphatic heterocycles. The lowest BCUT2D eigenvalue weighted by molar-refractivity contribution is 0.590. The molecule has 33 heavy (non-hydrogen) atoms. The van der Waals surface area contributed by atoms with Crippen LogP contribution in [-0.2, 0) is 7.05 Å². The maximum Gasteiger partial charge on any atom is 0.313 e. The molecule has 7 nitrogen and oxygen atoms in total. The molecule has 0 atom stereocenters. The highest BCUT2D eigenvalue weighted by Gasteiger charge is 2.20. The van der Waals surface area contributed by atoms with Crippen LogP contribution in [0.2, 0.25) is 5.02 Å². The van der Waals surface area contributed by atoms with Gasteiger partial charge in [0, 0.05) is 28.1 Å². The highest BCUT2D eigenvalue weighted by atomic mass is 35.5. The lowest BCUT2D eigenvalue weighted by Gasteiger charge is -2.08. The van der Waals surface area contributed by atoms with Crippen LogP contribution in [0.1, 0.15) is 12.7 Å². The third kappa shape index (κ3) is 4.92. The smallest absolute Gasteiger partial charge is 0.313 e. The zero-order valence-corrected chi connectivity index (χ0v) is 19.6. The molecular formula is C24H21ClN6OS. The van der Waals surface area contributed by atoms with Crippen molar-refractivity contribution in [2.75, 3.05) is 5.73 Å². The number of halogens is 1. The highest BCUT2D eigenvalue weighted by Crippen LogP contribution is 2.38. The van der Waals surface area contributed by atoms with Crippen LogP contribution >= 0.6 is 23.4 Å². The first-order chi connectivity index (χ1) is 16.0. The number of imidazole rings is 1. The Morgan fingerprint density at radius 3 is 2.42 bits per heavy atom. The average molecular weight is 477 g/mol. The Morgan fingerprint density at radius 2 is 1.82 bits per heavy atom. The van der Waals surface area contributed by atoms with E-state index in [1.165, 1.54) is 0 Å². The molecule has 0 spiro atoms. The lowest BCUT2D eigenvalue weighted by Crippen LogP contribution is -1.97. The molecule has 4 aromatic rings. The van der Waals surface area contributed by atoms with Gasteiger partial charge >= 0.3 is 6.01 Å². The van der Waals surface area contributed by atoms with Gasteiger partial charge in [-0.15, -0.1) is 5.10 Å². The summed E-state index contributed by atoms with van der Waals surface area (Å²) in [5.41, 5.74) is 8.74. The fourth-order valence-electron chi connectivity index (χ4n) is 3.14. The summed E-state index contributed by atoms with van der Waals surface area (Å²) in [5, 5.41) is 9.30. The summed E-state index contributed by atoms with van der Waals surface area (Å²) >= 11 is 7.67. The van der Waals surface area contributed by atoms with Crippen LogP contribution in [0.15, 0.2) is 86.1 Å². The van der Waals surface area contributed by atoms with Gasteiger partial charge in [0.1, 0.15) is 16.4 Å². The van der Waals surface area contributed by atoms with Crippen molar-refractivity contribution in [1.82, 2.24) is 19.7 Å². The van der Waals surface area contributed by atoms with Gasteiger partial charge in [-0.3, -0.25) is 4.99 Å². The second kappa shape index (κ2) is 9.89. The van der Waals surface area contributed by atoms with Crippen molar-refractivity contribution in [2.45, 2.75) is 16.8 Å². The Balaban J connectivity index is 1.80. The average Bonchev–Trinajstić information content (AvgIpc) is 3.40. The van der Waals surface area contributed by atoms with E-state index >= 15 is 0 Å². The van der Waals surface area contributed by atoms with E-state index in [2.05, 4.69) is 21.9 Å². The molecule has 0 aliphatic rings. The molecular weight excluding hydrogens is 456 g/mol. The maximum atomic E-state index is 6.07.